The Hall–Kier alpha value is -1.96. The molecule has 0 saturated heterocycles. The van der Waals surface area contributed by atoms with Crippen molar-refractivity contribution in [3.63, 3.8) is 0 Å². The minimum Gasteiger partial charge on any atom is -0.294 e. The van der Waals surface area contributed by atoms with Crippen molar-refractivity contribution in [2.75, 3.05) is 0 Å². The van der Waals surface area contributed by atoms with Crippen LogP contribution >= 0.6 is 0 Å². The summed E-state index contributed by atoms with van der Waals surface area (Å²) < 4.78 is 0. The van der Waals surface area contributed by atoms with Crippen LogP contribution in [0.1, 0.15) is 46.8 Å². The van der Waals surface area contributed by atoms with Crippen LogP contribution in [0.15, 0.2) is 42.7 Å². The molecule has 0 bridgehead atoms. The largest absolute Gasteiger partial charge is 0.294 e. The SMILES string of the molecule is CCCc1cc(CCC(=O)c2cccnc2)ccc1C. The molecule has 1 aromatic heterocycles. The number of aryl methyl sites for hydroxylation is 3. The number of carbonyl (C=O) groups is 1. The van der Waals surface area contributed by atoms with Gasteiger partial charge in [-0.1, -0.05) is 31.5 Å². The average molecular weight is 267 g/mol. The van der Waals surface area contributed by atoms with Gasteiger partial charge >= 0.3 is 0 Å². The molecule has 104 valence electrons. The van der Waals surface area contributed by atoms with Gasteiger partial charge in [0.05, 0.1) is 0 Å². The van der Waals surface area contributed by atoms with Crippen molar-refractivity contribution < 1.29 is 4.79 Å². The van der Waals surface area contributed by atoms with Crippen LogP contribution in [-0.4, -0.2) is 10.8 Å². The Morgan fingerprint density at radius 2 is 2.05 bits per heavy atom. The van der Waals surface area contributed by atoms with Gasteiger partial charge in [0.1, 0.15) is 0 Å². The van der Waals surface area contributed by atoms with Gasteiger partial charge in [-0.3, -0.25) is 9.78 Å². The maximum atomic E-state index is 12.1. The van der Waals surface area contributed by atoms with Gasteiger partial charge in [-0.25, -0.2) is 0 Å². The van der Waals surface area contributed by atoms with Gasteiger partial charge in [0.25, 0.3) is 0 Å². The second-order valence-corrected chi connectivity index (χ2v) is 5.18. The van der Waals surface area contributed by atoms with Gasteiger partial charge in [-0.2, -0.15) is 0 Å². The van der Waals surface area contributed by atoms with Gasteiger partial charge in [-0.05, 0) is 48.6 Å². The number of hydrogen-bond donors (Lipinski definition) is 0. The van der Waals surface area contributed by atoms with Crippen LogP contribution in [-0.2, 0) is 12.8 Å². The highest BCUT2D eigenvalue weighted by molar-refractivity contribution is 5.95. The van der Waals surface area contributed by atoms with Gasteiger partial charge < -0.3 is 0 Å². The molecule has 0 N–H and O–H groups in total. The lowest BCUT2D eigenvalue weighted by Crippen LogP contribution is -2.02. The lowest BCUT2D eigenvalue weighted by atomic mass is 9.97. The highest BCUT2D eigenvalue weighted by Gasteiger charge is 2.07. The molecule has 0 aliphatic rings. The molecule has 0 atom stereocenters. The summed E-state index contributed by atoms with van der Waals surface area (Å²) in [6.07, 6.45) is 6.92. The lowest BCUT2D eigenvalue weighted by molar-refractivity contribution is 0.0982. The zero-order chi connectivity index (χ0) is 14.4. The number of rotatable bonds is 6. The topological polar surface area (TPSA) is 30.0 Å². The van der Waals surface area contributed by atoms with Crippen molar-refractivity contribution in [2.45, 2.75) is 39.5 Å². The van der Waals surface area contributed by atoms with Crippen LogP contribution in [0.5, 0.6) is 0 Å². The molecule has 2 heteroatoms. The monoisotopic (exact) mass is 267 g/mol. The van der Waals surface area contributed by atoms with E-state index < -0.39 is 0 Å². The second kappa shape index (κ2) is 6.99. The fourth-order valence-electron chi connectivity index (χ4n) is 2.35. The first kappa shape index (κ1) is 14.4. The van der Waals surface area contributed by atoms with E-state index >= 15 is 0 Å². The molecular weight excluding hydrogens is 246 g/mol. The van der Waals surface area contributed by atoms with Crippen LogP contribution in [0.4, 0.5) is 0 Å². The van der Waals surface area contributed by atoms with Crippen molar-refractivity contribution in [1.82, 2.24) is 4.98 Å². The number of hydrogen-bond acceptors (Lipinski definition) is 2. The molecule has 0 saturated carbocycles. The summed E-state index contributed by atoms with van der Waals surface area (Å²) in [6.45, 7) is 4.34. The minimum absolute atomic E-state index is 0.163. The van der Waals surface area contributed by atoms with E-state index in [9.17, 15) is 4.79 Å². The zero-order valence-electron chi connectivity index (χ0n) is 12.2. The molecule has 2 nitrogen and oxygen atoms in total. The Balaban J connectivity index is 2.00. The van der Waals surface area contributed by atoms with Crippen molar-refractivity contribution >= 4 is 5.78 Å². The molecule has 0 aliphatic heterocycles. The van der Waals surface area contributed by atoms with E-state index in [-0.39, 0.29) is 5.78 Å². The Morgan fingerprint density at radius 1 is 1.20 bits per heavy atom. The molecule has 0 aliphatic carbocycles. The first-order valence-electron chi connectivity index (χ1n) is 7.22. The number of ketones is 1. The molecule has 1 heterocycles. The van der Waals surface area contributed by atoms with Gasteiger partial charge in [0.15, 0.2) is 5.78 Å². The van der Waals surface area contributed by atoms with E-state index in [0.717, 1.165) is 19.3 Å². The maximum absolute atomic E-state index is 12.1. The quantitative estimate of drug-likeness (QED) is 0.736. The van der Waals surface area contributed by atoms with E-state index in [4.69, 9.17) is 0 Å². The maximum Gasteiger partial charge on any atom is 0.164 e. The Labute approximate surface area is 120 Å². The Kier molecular flexibility index (Phi) is 5.05. The van der Waals surface area contributed by atoms with E-state index in [1.807, 2.05) is 6.07 Å². The minimum atomic E-state index is 0.163. The van der Waals surface area contributed by atoms with Crippen LogP contribution in [0, 0.1) is 6.92 Å². The summed E-state index contributed by atoms with van der Waals surface area (Å²) in [4.78, 5) is 16.0. The Bertz CT molecular complexity index is 575. The molecule has 2 aromatic rings. The summed E-state index contributed by atoms with van der Waals surface area (Å²) in [5, 5.41) is 0. The number of aromatic nitrogens is 1. The average Bonchev–Trinajstić information content (AvgIpc) is 2.49. The lowest BCUT2D eigenvalue weighted by Gasteiger charge is -2.08. The highest BCUT2D eigenvalue weighted by atomic mass is 16.1. The van der Waals surface area contributed by atoms with Crippen LogP contribution in [0.25, 0.3) is 0 Å². The zero-order valence-corrected chi connectivity index (χ0v) is 12.2. The van der Waals surface area contributed by atoms with E-state index in [2.05, 4.69) is 37.0 Å². The highest BCUT2D eigenvalue weighted by Crippen LogP contribution is 2.15. The number of carbonyl (C=O) groups excluding carboxylic acids is 1. The van der Waals surface area contributed by atoms with E-state index in [1.54, 1.807) is 18.5 Å². The number of pyridine rings is 1. The third-order valence-corrected chi connectivity index (χ3v) is 3.56. The standard InChI is InChI=1S/C18H21NO/c1-3-5-16-12-15(8-7-14(16)2)9-10-18(20)17-6-4-11-19-13-17/h4,6-8,11-13H,3,5,9-10H2,1-2H3. The van der Waals surface area contributed by atoms with Crippen molar-refractivity contribution in [2.24, 2.45) is 0 Å². The van der Waals surface area contributed by atoms with Crippen molar-refractivity contribution in [1.29, 1.82) is 0 Å². The third-order valence-electron chi connectivity index (χ3n) is 3.56. The Morgan fingerprint density at radius 3 is 2.75 bits per heavy atom. The smallest absolute Gasteiger partial charge is 0.164 e. The number of benzene rings is 1. The van der Waals surface area contributed by atoms with Crippen molar-refractivity contribution in [3.05, 3.63) is 65.0 Å². The van der Waals surface area contributed by atoms with Gasteiger partial charge in [-0.15, -0.1) is 0 Å². The summed E-state index contributed by atoms with van der Waals surface area (Å²) in [6, 6.07) is 10.2. The third kappa shape index (κ3) is 3.77. The van der Waals surface area contributed by atoms with Gasteiger partial charge in [0.2, 0.25) is 0 Å². The van der Waals surface area contributed by atoms with E-state index in [0.29, 0.717) is 12.0 Å². The molecule has 2 rings (SSSR count). The summed E-state index contributed by atoms with van der Waals surface area (Å²) in [5.41, 5.74) is 4.69. The predicted octanol–water partition coefficient (Wildman–Crippen LogP) is 4.16. The molecule has 0 fully saturated rings. The predicted molar refractivity (Wildman–Crippen MR) is 82.1 cm³/mol. The van der Waals surface area contributed by atoms with Crippen LogP contribution in [0.3, 0.4) is 0 Å². The fraction of sp³-hybridized carbons (Fsp3) is 0.333. The molecule has 1 aromatic carbocycles. The summed E-state index contributed by atoms with van der Waals surface area (Å²) in [5.74, 6) is 0.163. The van der Waals surface area contributed by atoms with Gasteiger partial charge in [0, 0.05) is 24.4 Å². The van der Waals surface area contributed by atoms with Crippen molar-refractivity contribution in [3.8, 4) is 0 Å². The normalized spacial score (nSPS) is 10.5. The molecule has 20 heavy (non-hydrogen) atoms. The summed E-state index contributed by atoms with van der Waals surface area (Å²) >= 11 is 0. The number of nitrogens with zero attached hydrogens (tertiary/aromatic N) is 1. The first-order valence-corrected chi connectivity index (χ1v) is 7.22. The molecular formula is C18H21NO. The first-order chi connectivity index (χ1) is 9.70. The second-order valence-electron chi connectivity index (χ2n) is 5.18. The molecule has 0 unspecified atom stereocenters. The van der Waals surface area contributed by atoms with E-state index in [1.165, 1.54) is 16.7 Å². The molecule has 0 radical (unpaired) electrons. The van der Waals surface area contributed by atoms with Crippen LogP contribution in [0.2, 0.25) is 0 Å². The number of Topliss-reactive ketones (excluding diaryl/α,β-unsaturated/α-hetero) is 1. The fourth-order valence-corrected chi connectivity index (χ4v) is 2.35. The molecule has 0 amide bonds. The molecule has 0 spiro atoms. The van der Waals surface area contributed by atoms with Crippen LogP contribution < -0.4 is 0 Å². The summed E-state index contributed by atoms with van der Waals surface area (Å²) in [7, 11) is 0.